The summed E-state index contributed by atoms with van der Waals surface area (Å²) in [7, 11) is 3.17. The van der Waals surface area contributed by atoms with Gasteiger partial charge in [-0.2, -0.15) is 0 Å². The van der Waals surface area contributed by atoms with Crippen molar-refractivity contribution >= 4 is 5.97 Å². The molecule has 0 bridgehead atoms. The number of hydrogen-bond acceptors (Lipinski definition) is 4. The van der Waals surface area contributed by atoms with Crippen LogP contribution in [0.4, 0.5) is 0 Å². The lowest BCUT2D eigenvalue weighted by molar-refractivity contribution is -0.132. The number of rotatable bonds is 8. The molecule has 2 N–H and O–H groups in total. The van der Waals surface area contributed by atoms with Crippen molar-refractivity contribution in [1.29, 1.82) is 0 Å². The number of methoxy groups -OCH3 is 2. The van der Waals surface area contributed by atoms with Crippen molar-refractivity contribution in [2.45, 2.75) is 6.10 Å². The van der Waals surface area contributed by atoms with Gasteiger partial charge in [-0.1, -0.05) is 6.58 Å². The summed E-state index contributed by atoms with van der Waals surface area (Å²) in [6.07, 6.45) is -0.0680. The van der Waals surface area contributed by atoms with Crippen molar-refractivity contribution in [3.8, 4) is 0 Å². The summed E-state index contributed by atoms with van der Waals surface area (Å²) >= 11 is 0. The summed E-state index contributed by atoms with van der Waals surface area (Å²) in [5.74, 6) is -0.988. The molecular formula is C9H17NO4. The SMILES string of the molecule is C=C(CNCC(COC)OC)C(=O)O. The summed E-state index contributed by atoms with van der Waals surface area (Å²) in [5.41, 5.74) is 0.136. The zero-order valence-corrected chi connectivity index (χ0v) is 8.58. The molecule has 0 saturated heterocycles. The molecule has 0 radical (unpaired) electrons. The van der Waals surface area contributed by atoms with E-state index in [0.717, 1.165) is 0 Å². The van der Waals surface area contributed by atoms with Gasteiger partial charge in [0.25, 0.3) is 0 Å². The highest BCUT2D eigenvalue weighted by atomic mass is 16.5. The first-order chi connectivity index (χ1) is 6.61. The van der Waals surface area contributed by atoms with Crippen LogP contribution in [0.15, 0.2) is 12.2 Å². The monoisotopic (exact) mass is 203 g/mol. The number of hydrogen-bond donors (Lipinski definition) is 2. The van der Waals surface area contributed by atoms with Crippen molar-refractivity contribution in [1.82, 2.24) is 5.32 Å². The Kier molecular flexibility index (Phi) is 7.00. The third-order valence-electron chi connectivity index (χ3n) is 1.70. The highest BCUT2D eigenvalue weighted by molar-refractivity contribution is 5.86. The molecule has 1 atom stereocenters. The van der Waals surface area contributed by atoms with Crippen LogP contribution in [-0.2, 0) is 14.3 Å². The predicted octanol–water partition coefficient (Wildman–Crippen LogP) is -0.122. The largest absolute Gasteiger partial charge is 0.478 e. The minimum Gasteiger partial charge on any atom is -0.478 e. The Morgan fingerprint density at radius 3 is 2.64 bits per heavy atom. The normalized spacial score (nSPS) is 12.4. The Morgan fingerprint density at radius 2 is 2.21 bits per heavy atom. The maximum absolute atomic E-state index is 10.4. The summed E-state index contributed by atoms with van der Waals surface area (Å²) < 4.78 is 9.96. The Balaban J connectivity index is 3.60. The molecule has 5 heteroatoms. The lowest BCUT2D eigenvalue weighted by atomic mass is 10.3. The van der Waals surface area contributed by atoms with Crippen molar-refractivity contribution in [2.24, 2.45) is 0 Å². The Labute approximate surface area is 83.7 Å². The highest BCUT2D eigenvalue weighted by Gasteiger charge is 2.07. The molecule has 0 aromatic rings. The first-order valence-electron chi connectivity index (χ1n) is 4.25. The average Bonchev–Trinajstić information content (AvgIpc) is 2.16. The maximum atomic E-state index is 10.4. The second kappa shape index (κ2) is 7.49. The van der Waals surface area contributed by atoms with Crippen molar-refractivity contribution in [3.05, 3.63) is 12.2 Å². The second-order valence-corrected chi connectivity index (χ2v) is 2.85. The van der Waals surface area contributed by atoms with E-state index in [0.29, 0.717) is 13.2 Å². The van der Waals surface area contributed by atoms with Gasteiger partial charge in [-0.25, -0.2) is 4.79 Å². The number of carboxylic acid groups (broad SMARTS) is 1. The molecule has 0 fully saturated rings. The fraction of sp³-hybridized carbons (Fsp3) is 0.667. The lowest BCUT2D eigenvalue weighted by Gasteiger charge is -2.14. The van der Waals surface area contributed by atoms with Gasteiger partial charge in [0, 0.05) is 32.9 Å². The standard InChI is InChI=1S/C9H17NO4/c1-7(9(11)12)4-10-5-8(14-3)6-13-2/h8,10H,1,4-6H2,2-3H3,(H,11,12). The van der Waals surface area contributed by atoms with Crippen molar-refractivity contribution in [3.63, 3.8) is 0 Å². The molecule has 0 rings (SSSR count). The Bertz CT molecular complexity index is 193. The van der Waals surface area contributed by atoms with E-state index >= 15 is 0 Å². The molecule has 0 aliphatic carbocycles. The van der Waals surface area contributed by atoms with Gasteiger partial charge in [0.2, 0.25) is 0 Å². The van der Waals surface area contributed by atoms with Crippen LogP contribution in [0, 0.1) is 0 Å². The highest BCUT2D eigenvalue weighted by Crippen LogP contribution is 1.91. The molecule has 0 aromatic carbocycles. The van der Waals surface area contributed by atoms with Crippen molar-refractivity contribution < 1.29 is 19.4 Å². The number of ether oxygens (including phenoxy) is 2. The quantitative estimate of drug-likeness (QED) is 0.538. The molecule has 0 aromatic heterocycles. The smallest absolute Gasteiger partial charge is 0.332 e. The van der Waals surface area contributed by atoms with Crippen LogP contribution in [0.3, 0.4) is 0 Å². The van der Waals surface area contributed by atoms with E-state index in [2.05, 4.69) is 11.9 Å². The minimum atomic E-state index is -0.988. The summed E-state index contributed by atoms with van der Waals surface area (Å²) in [6.45, 7) is 4.65. The van der Waals surface area contributed by atoms with Crippen LogP contribution in [-0.4, -0.2) is 51.1 Å². The second-order valence-electron chi connectivity index (χ2n) is 2.85. The number of carbonyl (C=O) groups is 1. The molecular weight excluding hydrogens is 186 g/mol. The first-order valence-corrected chi connectivity index (χ1v) is 4.25. The van der Waals surface area contributed by atoms with Gasteiger partial charge in [-0.15, -0.1) is 0 Å². The summed E-state index contributed by atoms with van der Waals surface area (Å²) in [5, 5.41) is 11.4. The van der Waals surface area contributed by atoms with E-state index < -0.39 is 5.97 Å². The average molecular weight is 203 g/mol. The van der Waals surface area contributed by atoms with Crippen LogP contribution in [0.5, 0.6) is 0 Å². The molecule has 0 saturated carbocycles. The van der Waals surface area contributed by atoms with Gasteiger partial charge in [0.05, 0.1) is 12.7 Å². The molecule has 0 heterocycles. The van der Waals surface area contributed by atoms with Gasteiger partial charge in [0.15, 0.2) is 0 Å². The third kappa shape index (κ3) is 5.69. The van der Waals surface area contributed by atoms with Crippen LogP contribution >= 0.6 is 0 Å². The van der Waals surface area contributed by atoms with Gasteiger partial charge >= 0.3 is 5.97 Å². The molecule has 5 nitrogen and oxygen atoms in total. The molecule has 14 heavy (non-hydrogen) atoms. The molecule has 0 aliphatic rings. The molecule has 0 aliphatic heterocycles. The third-order valence-corrected chi connectivity index (χ3v) is 1.70. The predicted molar refractivity (Wildman–Crippen MR) is 52.3 cm³/mol. The Hall–Kier alpha value is -0.910. The first kappa shape index (κ1) is 13.1. The number of nitrogens with one attached hydrogen (secondary N) is 1. The fourth-order valence-corrected chi connectivity index (χ4v) is 0.856. The topological polar surface area (TPSA) is 67.8 Å². The van der Waals surface area contributed by atoms with E-state index in [9.17, 15) is 4.79 Å². The molecule has 0 amide bonds. The van der Waals surface area contributed by atoms with Crippen LogP contribution in [0.2, 0.25) is 0 Å². The maximum Gasteiger partial charge on any atom is 0.332 e. The summed E-state index contributed by atoms with van der Waals surface area (Å²) in [4.78, 5) is 10.4. The minimum absolute atomic E-state index is 0.0680. The van der Waals surface area contributed by atoms with E-state index in [1.54, 1.807) is 14.2 Å². The molecule has 1 unspecified atom stereocenters. The van der Waals surface area contributed by atoms with Crippen LogP contribution in [0.1, 0.15) is 0 Å². The van der Waals surface area contributed by atoms with E-state index in [1.165, 1.54) is 0 Å². The van der Waals surface area contributed by atoms with Gasteiger partial charge in [-0.05, 0) is 0 Å². The van der Waals surface area contributed by atoms with Crippen LogP contribution in [0.25, 0.3) is 0 Å². The Morgan fingerprint density at radius 1 is 1.57 bits per heavy atom. The zero-order chi connectivity index (χ0) is 11.0. The van der Waals surface area contributed by atoms with Gasteiger partial charge in [0.1, 0.15) is 0 Å². The van der Waals surface area contributed by atoms with Crippen molar-refractivity contribution in [2.75, 3.05) is 33.9 Å². The fourth-order valence-electron chi connectivity index (χ4n) is 0.856. The van der Waals surface area contributed by atoms with Gasteiger partial charge in [-0.3, -0.25) is 0 Å². The van der Waals surface area contributed by atoms with E-state index in [4.69, 9.17) is 14.6 Å². The van der Waals surface area contributed by atoms with Gasteiger partial charge < -0.3 is 19.9 Å². The molecule has 82 valence electrons. The number of carboxylic acids is 1. The number of aliphatic carboxylic acids is 1. The lowest BCUT2D eigenvalue weighted by Crippen LogP contribution is -2.33. The zero-order valence-electron chi connectivity index (χ0n) is 8.58. The van der Waals surface area contributed by atoms with E-state index in [-0.39, 0.29) is 18.2 Å². The summed E-state index contributed by atoms with van der Waals surface area (Å²) in [6, 6.07) is 0. The van der Waals surface area contributed by atoms with E-state index in [1.807, 2.05) is 0 Å². The molecule has 0 spiro atoms. The van der Waals surface area contributed by atoms with Crippen LogP contribution < -0.4 is 5.32 Å².